The largest absolute Gasteiger partial charge is 0.379 e. The van der Waals surface area contributed by atoms with Crippen molar-refractivity contribution >= 4 is 17.2 Å². The molecule has 3 heterocycles. The van der Waals surface area contributed by atoms with E-state index in [9.17, 15) is 14.4 Å². The van der Waals surface area contributed by atoms with Crippen LogP contribution in [0.5, 0.6) is 0 Å². The van der Waals surface area contributed by atoms with Crippen LogP contribution < -0.4 is 16.6 Å². The topological polar surface area (TPSA) is 115 Å². The highest BCUT2D eigenvalue weighted by atomic mass is 32.1. The lowest BCUT2D eigenvalue weighted by Gasteiger charge is -2.31. The smallest absolute Gasteiger partial charge is 0.328 e. The highest BCUT2D eigenvalue weighted by Gasteiger charge is 2.29. The summed E-state index contributed by atoms with van der Waals surface area (Å²) in [6, 6.07) is -0.392. The summed E-state index contributed by atoms with van der Waals surface area (Å²) in [5.74, 6) is -0.574. The van der Waals surface area contributed by atoms with E-state index in [2.05, 4.69) is 15.3 Å². The van der Waals surface area contributed by atoms with Crippen LogP contribution in [0, 0.1) is 0 Å². The van der Waals surface area contributed by atoms with Crippen LogP contribution in [-0.4, -0.2) is 45.8 Å². The summed E-state index contributed by atoms with van der Waals surface area (Å²) >= 11 is 1.49. The molecule has 9 nitrogen and oxygen atoms in total. The molecule has 0 bridgehead atoms. The van der Waals surface area contributed by atoms with Gasteiger partial charge in [0.2, 0.25) is 0 Å². The predicted molar refractivity (Wildman–Crippen MR) is 89.7 cm³/mol. The number of nitrogens with one attached hydrogen (secondary N) is 2. The van der Waals surface area contributed by atoms with Gasteiger partial charge in [0.15, 0.2) is 0 Å². The van der Waals surface area contributed by atoms with E-state index < -0.39 is 23.2 Å². The van der Waals surface area contributed by atoms with Crippen molar-refractivity contribution in [2.24, 2.45) is 7.05 Å². The maximum absolute atomic E-state index is 12.4. The van der Waals surface area contributed by atoms with E-state index in [0.717, 1.165) is 10.3 Å². The van der Waals surface area contributed by atoms with Crippen molar-refractivity contribution in [3.05, 3.63) is 49.2 Å². The Kier molecular flexibility index (Phi) is 5.41. The molecule has 0 radical (unpaired) electrons. The third kappa shape index (κ3) is 4.21. The van der Waals surface area contributed by atoms with Crippen molar-refractivity contribution < 1.29 is 14.3 Å². The zero-order valence-corrected chi connectivity index (χ0v) is 14.4. The number of aryl methyl sites for hydroxylation is 1. The number of ether oxygens (including phenoxy) is 2. The Hall–Kier alpha value is -2.30. The van der Waals surface area contributed by atoms with E-state index in [1.807, 2.05) is 5.38 Å². The Labute approximate surface area is 146 Å². The van der Waals surface area contributed by atoms with Crippen molar-refractivity contribution in [3.63, 3.8) is 0 Å². The van der Waals surface area contributed by atoms with Crippen molar-refractivity contribution in [1.29, 1.82) is 0 Å². The minimum atomic E-state index is -0.725. The molecule has 0 unspecified atom stereocenters. The highest BCUT2D eigenvalue weighted by molar-refractivity contribution is 7.07. The summed E-state index contributed by atoms with van der Waals surface area (Å²) in [5, 5.41) is 4.66. The molecule has 1 amide bonds. The number of nitrogens with zero attached hydrogens (tertiary/aromatic N) is 2. The van der Waals surface area contributed by atoms with Gasteiger partial charge in [0.25, 0.3) is 11.5 Å². The maximum Gasteiger partial charge on any atom is 0.328 e. The molecule has 0 aromatic carbocycles. The molecule has 25 heavy (non-hydrogen) atoms. The maximum atomic E-state index is 12.4. The molecule has 134 valence electrons. The number of carbonyl (C=O) groups is 1. The second-order valence-corrected chi connectivity index (χ2v) is 6.40. The lowest BCUT2D eigenvalue weighted by Crippen LogP contribution is -2.51. The zero-order valence-electron chi connectivity index (χ0n) is 13.6. The molecule has 3 rings (SSSR count). The van der Waals surface area contributed by atoms with Crippen molar-refractivity contribution in [2.75, 3.05) is 13.2 Å². The standard InChI is InChI=1S/C15H18N4O5S/c1-19-4-10(14(21)18-15(19)22)13(20)17-11-6-23-3-2-12(11)24-5-9-7-25-8-16-9/h4,7-8,11-12H,2-3,5-6H2,1H3,(H,17,20)(H,18,21,22)/t11-,12+/m1/s1. The number of carbonyl (C=O) groups excluding carboxylic acids is 1. The number of aromatic amines is 1. The van der Waals surface area contributed by atoms with Crippen LogP contribution in [-0.2, 0) is 23.1 Å². The van der Waals surface area contributed by atoms with Crippen LogP contribution in [0.1, 0.15) is 22.5 Å². The van der Waals surface area contributed by atoms with Gasteiger partial charge in [-0.25, -0.2) is 9.78 Å². The van der Waals surface area contributed by atoms with Gasteiger partial charge < -0.3 is 19.4 Å². The van der Waals surface area contributed by atoms with Gasteiger partial charge in [0.05, 0.1) is 36.6 Å². The van der Waals surface area contributed by atoms with Crippen molar-refractivity contribution in [3.8, 4) is 0 Å². The summed E-state index contributed by atoms with van der Waals surface area (Å²) < 4.78 is 12.4. The summed E-state index contributed by atoms with van der Waals surface area (Å²) in [5.41, 5.74) is 1.12. The molecule has 1 aliphatic heterocycles. The molecule has 2 aromatic heterocycles. The Balaban J connectivity index is 1.68. The SMILES string of the molecule is Cn1cc(C(=O)N[C@@H]2COCC[C@@H]2OCc2cscn2)c(=O)[nH]c1=O. The first-order valence-corrected chi connectivity index (χ1v) is 8.66. The molecular formula is C15H18N4O5S. The molecule has 2 atom stereocenters. The number of hydrogen-bond acceptors (Lipinski definition) is 7. The van der Waals surface area contributed by atoms with Gasteiger partial charge in [-0.05, 0) is 6.42 Å². The molecule has 10 heteroatoms. The van der Waals surface area contributed by atoms with Crippen LogP contribution in [0.4, 0.5) is 0 Å². The first-order chi connectivity index (χ1) is 12.0. The van der Waals surface area contributed by atoms with Gasteiger partial charge in [-0.15, -0.1) is 11.3 Å². The summed E-state index contributed by atoms with van der Waals surface area (Å²) in [7, 11) is 1.46. The third-order valence-corrected chi connectivity index (χ3v) is 4.53. The minimum Gasteiger partial charge on any atom is -0.379 e. The van der Waals surface area contributed by atoms with Crippen molar-refractivity contribution in [1.82, 2.24) is 19.9 Å². The predicted octanol–water partition coefficient (Wildman–Crippen LogP) is -0.366. The number of thiazole rings is 1. The van der Waals surface area contributed by atoms with Gasteiger partial charge in [0, 0.05) is 25.2 Å². The molecule has 0 aliphatic carbocycles. The second kappa shape index (κ2) is 7.72. The van der Waals surface area contributed by atoms with Gasteiger partial charge in [0.1, 0.15) is 5.56 Å². The molecule has 0 spiro atoms. The monoisotopic (exact) mass is 366 g/mol. The van der Waals surface area contributed by atoms with E-state index in [4.69, 9.17) is 9.47 Å². The molecule has 1 aliphatic rings. The molecule has 0 saturated carbocycles. The normalized spacial score (nSPS) is 20.4. The number of amides is 1. The lowest BCUT2D eigenvalue weighted by molar-refractivity contribution is -0.0612. The minimum absolute atomic E-state index is 0.133. The van der Waals surface area contributed by atoms with E-state index in [-0.39, 0.29) is 18.3 Å². The molecule has 2 N–H and O–H groups in total. The average molecular weight is 366 g/mol. The summed E-state index contributed by atoms with van der Waals surface area (Å²) in [6.45, 7) is 1.17. The Morgan fingerprint density at radius 1 is 1.56 bits per heavy atom. The van der Waals surface area contributed by atoms with Gasteiger partial charge in [-0.1, -0.05) is 0 Å². The molecular weight excluding hydrogens is 348 g/mol. The van der Waals surface area contributed by atoms with Crippen molar-refractivity contribution in [2.45, 2.75) is 25.2 Å². The number of hydrogen-bond donors (Lipinski definition) is 2. The summed E-state index contributed by atoms with van der Waals surface area (Å²) in [4.78, 5) is 41.9. The molecule has 2 aromatic rings. The quantitative estimate of drug-likeness (QED) is 0.746. The number of H-pyrrole nitrogens is 1. The van der Waals surface area contributed by atoms with Gasteiger partial charge in [-0.3, -0.25) is 14.6 Å². The Morgan fingerprint density at radius 2 is 2.40 bits per heavy atom. The molecule has 1 fully saturated rings. The number of rotatable bonds is 5. The Morgan fingerprint density at radius 3 is 3.16 bits per heavy atom. The van der Waals surface area contributed by atoms with Crippen LogP contribution >= 0.6 is 11.3 Å². The van der Waals surface area contributed by atoms with E-state index >= 15 is 0 Å². The van der Waals surface area contributed by atoms with Gasteiger partial charge in [-0.2, -0.15) is 0 Å². The molecule has 1 saturated heterocycles. The zero-order chi connectivity index (χ0) is 17.8. The fourth-order valence-corrected chi connectivity index (χ4v) is 3.07. The van der Waals surface area contributed by atoms with E-state index in [1.54, 1.807) is 5.51 Å². The van der Waals surface area contributed by atoms with Crippen LogP contribution in [0.3, 0.4) is 0 Å². The fraction of sp³-hybridized carbons (Fsp3) is 0.467. The van der Waals surface area contributed by atoms with E-state index in [0.29, 0.717) is 19.6 Å². The van der Waals surface area contributed by atoms with Crippen LogP contribution in [0.25, 0.3) is 0 Å². The number of aromatic nitrogens is 3. The lowest BCUT2D eigenvalue weighted by atomic mass is 10.1. The van der Waals surface area contributed by atoms with Gasteiger partial charge >= 0.3 is 5.69 Å². The average Bonchev–Trinajstić information content (AvgIpc) is 3.11. The second-order valence-electron chi connectivity index (χ2n) is 5.69. The first-order valence-electron chi connectivity index (χ1n) is 7.72. The fourth-order valence-electron chi connectivity index (χ4n) is 2.53. The highest BCUT2D eigenvalue weighted by Crippen LogP contribution is 2.15. The first kappa shape index (κ1) is 17.5. The third-order valence-electron chi connectivity index (χ3n) is 3.89. The Bertz CT molecular complexity index is 844. The van der Waals surface area contributed by atoms with Crippen LogP contribution in [0.2, 0.25) is 0 Å². The van der Waals surface area contributed by atoms with Crippen LogP contribution in [0.15, 0.2) is 26.7 Å². The summed E-state index contributed by atoms with van der Waals surface area (Å²) in [6.07, 6.45) is 1.59. The van der Waals surface area contributed by atoms with E-state index in [1.165, 1.54) is 24.6 Å².